The molecule has 0 fully saturated rings. The second-order valence-corrected chi connectivity index (χ2v) is 4.66. The third-order valence-electron chi connectivity index (χ3n) is 2.07. The van der Waals surface area contributed by atoms with E-state index in [1.807, 2.05) is 20.8 Å². The Bertz CT molecular complexity index is 419. The summed E-state index contributed by atoms with van der Waals surface area (Å²) in [6.45, 7) is 6.86. The Labute approximate surface area is 95.1 Å². The van der Waals surface area contributed by atoms with E-state index >= 15 is 0 Å². The van der Waals surface area contributed by atoms with Gasteiger partial charge in [0.1, 0.15) is 5.69 Å². The van der Waals surface area contributed by atoms with Crippen molar-refractivity contribution < 1.29 is 9.59 Å². The topological polar surface area (TPSA) is 59.1 Å². The zero-order valence-corrected chi connectivity index (χ0v) is 10.00. The number of hydrogen-bond donors (Lipinski definition) is 1. The van der Waals surface area contributed by atoms with Crippen molar-refractivity contribution in [1.29, 1.82) is 0 Å². The number of nitrogens with one attached hydrogen (secondary N) is 1. The lowest BCUT2D eigenvalue weighted by Crippen LogP contribution is -2.28. The molecule has 0 saturated carbocycles. The van der Waals surface area contributed by atoms with Crippen LogP contribution < -0.4 is 5.32 Å². The maximum absolute atomic E-state index is 11.8. The largest absolute Gasteiger partial charge is 0.324 e. The molecule has 1 N–H and O–H groups in total. The van der Waals surface area contributed by atoms with Crippen LogP contribution in [0.5, 0.6) is 0 Å². The second-order valence-electron chi connectivity index (χ2n) is 4.66. The number of pyridine rings is 1. The summed E-state index contributed by atoms with van der Waals surface area (Å²) >= 11 is 0. The summed E-state index contributed by atoms with van der Waals surface area (Å²) < 4.78 is 0. The van der Waals surface area contributed by atoms with Gasteiger partial charge in [0.15, 0.2) is 5.78 Å². The minimum atomic E-state index is -0.496. The molecule has 1 aromatic rings. The van der Waals surface area contributed by atoms with Gasteiger partial charge in [-0.3, -0.25) is 14.6 Å². The van der Waals surface area contributed by atoms with E-state index in [1.165, 1.54) is 13.1 Å². The van der Waals surface area contributed by atoms with Gasteiger partial charge in [-0.15, -0.1) is 0 Å². The molecule has 0 aliphatic rings. The zero-order chi connectivity index (χ0) is 12.3. The first-order valence-electron chi connectivity index (χ1n) is 5.10. The molecule has 86 valence electrons. The molecule has 1 aromatic heterocycles. The van der Waals surface area contributed by atoms with Crippen LogP contribution in [0, 0.1) is 5.41 Å². The number of aromatic nitrogens is 1. The number of anilines is 1. The quantitative estimate of drug-likeness (QED) is 0.778. The molecule has 0 aromatic carbocycles. The summed E-state index contributed by atoms with van der Waals surface area (Å²) in [6, 6.07) is 3.36. The Morgan fingerprint density at radius 3 is 2.44 bits per heavy atom. The van der Waals surface area contributed by atoms with Crippen molar-refractivity contribution in [2.45, 2.75) is 27.7 Å². The zero-order valence-electron chi connectivity index (χ0n) is 10.00. The summed E-state index contributed by atoms with van der Waals surface area (Å²) in [7, 11) is 0. The maximum atomic E-state index is 11.8. The van der Waals surface area contributed by atoms with Crippen molar-refractivity contribution in [2.75, 3.05) is 5.32 Å². The molecule has 4 heteroatoms. The first-order chi connectivity index (χ1) is 7.32. The molecule has 0 bridgehead atoms. The van der Waals surface area contributed by atoms with Crippen molar-refractivity contribution in [1.82, 2.24) is 4.98 Å². The third-order valence-corrected chi connectivity index (χ3v) is 2.07. The summed E-state index contributed by atoms with van der Waals surface area (Å²) in [4.78, 5) is 27.0. The van der Waals surface area contributed by atoms with E-state index in [2.05, 4.69) is 10.3 Å². The van der Waals surface area contributed by atoms with Crippen LogP contribution in [-0.4, -0.2) is 16.7 Å². The number of Topliss-reactive ketones (excluding diaryl/α,β-unsaturated/α-hetero) is 1. The molecule has 0 atom stereocenters. The standard InChI is InChI=1S/C12H16N2O2/c1-8(15)10-9(6-5-7-13-10)14-11(16)12(2,3)4/h5-7H,1-4H3,(H,14,16). The molecular weight excluding hydrogens is 204 g/mol. The fourth-order valence-electron chi connectivity index (χ4n) is 1.10. The van der Waals surface area contributed by atoms with E-state index in [4.69, 9.17) is 0 Å². The van der Waals surface area contributed by atoms with Gasteiger partial charge in [0.2, 0.25) is 5.91 Å². The van der Waals surface area contributed by atoms with E-state index in [0.717, 1.165) is 0 Å². The lowest BCUT2D eigenvalue weighted by atomic mass is 9.95. The van der Waals surface area contributed by atoms with Gasteiger partial charge in [-0.2, -0.15) is 0 Å². The Morgan fingerprint density at radius 1 is 1.31 bits per heavy atom. The monoisotopic (exact) mass is 220 g/mol. The highest BCUT2D eigenvalue weighted by Gasteiger charge is 2.22. The molecule has 1 rings (SSSR count). The molecule has 1 heterocycles. The number of carbonyl (C=O) groups is 2. The average molecular weight is 220 g/mol. The van der Waals surface area contributed by atoms with Gasteiger partial charge in [0.05, 0.1) is 5.69 Å². The highest BCUT2D eigenvalue weighted by Crippen LogP contribution is 2.19. The maximum Gasteiger partial charge on any atom is 0.229 e. The average Bonchev–Trinajstić information content (AvgIpc) is 2.16. The molecule has 0 aliphatic heterocycles. The number of hydrogen-bond acceptors (Lipinski definition) is 3. The highest BCUT2D eigenvalue weighted by atomic mass is 16.2. The van der Waals surface area contributed by atoms with E-state index in [-0.39, 0.29) is 11.7 Å². The lowest BCUT2D eigenvalue weighted by molar-refractivity contribution is -0.123. The van der Waals surface area contributed by atoms with Gasteiger partial charge in [0.25, 0.3) is 0 Å². The number of ketones is 1. The van der Waals surface area contributed by atoms with Gasteiger partial charge < -0.3 is 5.32 Å². The number of nitrogens with zero attached hydrogens (tertiary/aromatic N) is 1. The third kappa shape index (κ3) is 2.89. The molecule has 4 nitrogen and oxygen atoms in total. The van der Waals surface area contributed by atoms with Crippen molar-refractivity contribution in [3.63, 3.8) is 0 Å². The van der Waals surface area contributed by atoms with Crippen LogP contribution in [0.4, 0.5) is 5.69 Å². The van der Waals surface area contributed by atoms with Crippen LogP contribution in [-0.2, 0) is 4.79 Å². The van der Waals surface area contributed by atoms with Crippen LogP contribution in [0.2, 0.25) is 0 Å². The molecule has 0 saturated heterocycles. The summed E-state index contributed by atoms with van der Waals surface area (Å²) in [6.07, 6.45) is 1.53. The van der Waals surface area contributed by atoms with Gasteiger partial charge in [-0.25, -0.2) is 0 Å². The fourth-order valence-corrected chi connectivity index (χ4v) is 1.10. The second kappa shape index (κ2) is 4.43. The normalized spacial score (nSPS) is 11.0. The Morgan fingerprint density at radius 2 is 1.94 bits per heavy atom. The van der Waals surface area contributed by atoms with E-state index < -0.39 is 5.41 Å². The molecule has 0 aliphatic carbocycles. The lowest BCUT2D eigenvalue weighted by Gasteiger charge is -2.18. The number of amides is 1. The first-order valence-corrected chi connectivity index (χ1v) is 5.10. The van der Waals surface area contributed by atoms with E-state index in [1.54, 1.807) is 12.1 Å². The first kappa shape index (κ1) is 12.4. The predicted molar refractivity (Wildman–Crippen MR) is 62.3 cm³/mol. The van der Waals surface area contributed by atoms with Crippen LogP contribution in [0.25, 0.3) is 0 Å². The summed E-state index contributed by atoms with van der Waals surface area (Å²) in [5.41, 5.74) is 0.263. The molecule has 0 unspecified atom stereocenters. The van der Waals surface area contributed by atoms with E-state index in [0.29, 0.717) is 11.4 Å². The summed E-state index contributed by atoms with van der Waals surface area (Å²) in [5, 5.41) is 2.71. The van der Waals surface area contributed by atoms with Crippen LogP contribution in [0.3, 0.4) is 0 Å². The van der Waals surface area contributed by atoms with Crippen molar-refractivity contribution >= 4 is 17.4 Å². The molecule has 0 spiro atoms. The summed E-state index contributed by atoms with van der Waals surface area (Å²) in [5.74, 6) is -0.298. The fraction of sp³-hybridized carbons (Fsp3) is 0.417. The van der Waals surface area contributed by atoms with Crippen LogP contribution in [0.1, 0.15) is 38.2 Å². The predicted octanol–water partition coefficient (Wildman–Crippen LogP) is 2.27. The minimum Gasteiger partial charge on any atom is -0.324 e. The Hall–Kier alpha value is -1.71. The van der Waals surface area contributed by atoms with Crippen LogP contribution in [0.15, 0.2) is 18.3 Å². The molecule has 1 amide bonds. The van der Waals surface area contributed by atoms with Crippen molar-refractivity contribution in [2.24, 2.45) is 5.41 Å². The van der Waals surface area contributed by atoms with Crippen molar-refractivity contribution in [3.8, 4) is 0 Å². The smallest absolute Gasteiger partial charge is 0.229 e. The molecular formula is C12H16N2O2. The highest BCUT2D eigenvalue weighted by molar-refractivity contribution is 6.03. The van der Waals surface area contributed by atoms with Gasteiger partial charge >= 0.3 is 0 Å². The SMILES string of the molecule is CC(=O)c1ncccc1NC(=O)C(C)(C)C. The number of carbonyl (C=O) groups excluding carboxylic acids is 2. The Kier molecular flexibility index (Phi) is 3.42. The van der Waals surface area contributed by atoms with E-state index in [9.17, 15) is 9.59 Å². The van der Waals surface area contributed by atoms with Gasteiger partial charge in [-0.1, -0.05) is 20.8 Å². The van der Waals surface area contributed by atoms with Crippen LogP contribution >= 0.6 is 0 Å². The molecule has 16 heavy (non-hydrogen) atoms. The van der Waals surface area contributed by atoms with Gasteiger partial charge in [0, 0.05) is 18.5 Å². The number of rotatable bonds is 2. The molecule has 0 radical (unpaired) electrons. The minimum absolute atomic E-state index is 0.136. The van der Waals surface area contributed by atoms with Gasteiger partial charge in [-0.05, 0) is 12.1 Å². The Balaban J connectivity index is 2.98. The van der Waals surface area contributed by atoms with Crippen molar-refractivity contribution in [3.05, 3.63) is 24.0 Å².